The second-order valence-electron chi connectivity index (χ2n) is 3.88. The quantitative estimate of drug-likeness (QED) is 0.476. The fraction of sp³-hybridized carbons (Fsp3) is 0.867. The first kappa shape index (κ1) is 23.7. The first-order chi connectivity index (χ1) is 9.22. The summed E-state index contributed by atoms with van der Waals surface area (Å²) in [6.07, 6.45) is 6.19. The van der Waals surface area contributed by atoms with Gasteiger partial charge in [-0.3, -0.25) is 0 Å². The number of hydrogen-bond donors (Lipinski definition) is 2. The van der Waals surface area contributed by atoms with E-state index < -0.39 is 0 Å². The van der Waals surface area contributed by atoms with E-state index in [1.165, 1.54) is 0 Å². The van der Waals surface area contributed by atoms with Crippen molar-refractivity contribution in [2.24, 2.45) is 0 Å². The topological polar surface area (TPSA) is 58.9 Å². The van der Waals surface area contributed by atoms with Crippen molar-refractivity contribution < 1.29 is 19.7 Å². The van der Waals surface area contributed by atoms with E-state index >= 15 is 0 Å². The molecule has 118 valence electrons. The molecule has 0 amide bonds. The molecule has 0 saturated heterocycles. The van der Waals surface area contributed by atoms with E-state index in [-0.39, 0.29) is 6.61 Å². The largest absolute Gasteiger partial charge is 0.400 e. The summed E-state index contributed by atoms with van der Waals surface area (Å²) in [5.74, 6) is 0. The summed E-state index contributed by atoms with van der Waals surface area (Å²) in [5, 5.41) is 15.3. The third kappa shape index (κ3) is 31.8. The number of rotatable bonds is 10. The summed E-state index contributed by atoms with van der Waals surface area (Å²) in [6, 6.07) is 0. The summed E-state index contributed by atoms with van der Waals surface area (Å²) >= 11 is 0. The van der Waals surface area contributed by atoms with Gasteiger partial charge in [0.15, 0.2) is 0 Å². The van der Waals surface area contributed by atoms with Gasteiger partial charge in [0, 0.05) is 26.9 Å². The maximum Gasteiger partial charge on any atom is 0.0644 e. The highest BCUT2D eigenvalue weighted by Crippen LogP contribution is 1.95. The third-order valence-corrected chi connectivity index (χ3v) is 2.11. The van der Waals surface area contributed by atoms with E-state index in [1.54, 1.807) is 6.08 Å². The molecule has 0 aromatic carbocycles. The summed E-state index contributed by atoms with van der Waals surface area (Å²) < 4.78 is 10.4. The summed E-state index contributed by atoms with van der Waals surface area (Å²) in [5.41, 5.74) is 0. The molecule has 0 spiro atoms. The molecule has 0 rings (SSSR count). The van der Waals surface area contributed by atoms with Gasteiger partial charge < -0.3 is 19.7 Å². The van der Waals surface area contributed by atoms with Crippen LogP contribution in [-0.4, -0.2) is 49.9 Å². The standard InChI is InChI=1S/C7H14O2.C7H16O.CH4O/c1-2-6-9-7-4-3-5-8;1-4-6-8-7(3)5-2;1-2/h2,8H,1,3-7H2;7H,4-6H2,1-3H3;2H,1H3. The van der Waals surface area contributed by atoms with Crippen molar-refractivity contribution in [3.8, 4) is 0 Å². The summed E-state index contributed by atoms with van der Waals surface area (Å²) in [6.45, 7) is 12.4. The van der Waals surface area contributed by atoms with Crippen LogP contribution in [0.15, 0.2) is 12.7 Å². The van der Waals surface area contributed by atoms with E-state index in [0.717, 1.165) is 46.0 Å². The van der Waals surface area contributed by atoms with Crippen LogP contribution in [0, 0.1) is 0 Å². The Bertz CT molecular complexity index is 140. The number of hydrogen-bond acceptors (Lipinski definition) is 4. The van der Waals surface area contributed by atoms with Crippen LogP contribution >= 0.6 is 0 Å². The zero-order valence-electron chi connectivity index (χ0n) is 13.2. The molecule has 0 aliphatic heterocycles. The maximum absolute atomic E-state index is 8.35. The zero-order chi connectivity index (χ0) is 15.4. The molecule has 0 aliphatic carbocycles. The van der Waals surface area contributed by atoms with Crippen molar-refractivity contribution in [2.45, 2.75) is 52.6 Å². The average Bonchev–Trinajstić information content (AvgIpc) is 2.47. The fourth-order valence-electron chi connectivity index (χ4n) is 0.919. The predicted octanol–water partition coefficient (Wildman–Crippen LogP) is 2.78. The lowest BCUT2D eigenvalue weighted by Crippen LogP contribution is -2.06. The molecule has 0 aromatic rings. The van der Waals surface area contributed by atoms with Crippen LogP contribution in [0.2, 0.25) is 0 Å². The molecule has 19 heavy (non-hydrogen) atoms. The SMILES string of the molecule is C=CCOCCCCO.CCCOC(C)CC.CO. The number of ether oxygens (including phenoxy) is 2. The Morgan fingerprint density at radius 2 is 1.79 bits per heavy atom. The Morgan fingerprint density at radius 3 is 2.21 bits per heavy atom. The zero-order valence-corrected chi connectivity index (χ0v) is 13.2. The van der Waals surface area contributed by atoms with Crippen LogP contribution in [0.3, 0.4) is 0 Å². The van der Waals surface area contributed by atoms with Gasteiger partial charge in [0.05, 0.1) is 12.7 Å². The third-order valence-electron chi connectivity index (χ3n) is 2.11. The summed E-state index contributed by atoms with van der Waals surface area (Å²) in [4.78, 5) is 0. The van der Waals surface area contributed by atoms with Gasteiger partial charge in [0.25, 0.3) is 0 Å². The lowest BCUT2D eigenvalue weighted by atomic mass is 10.3. The minimum Gasteiger partial charge on any atom is -0.400 e. The highest BCUT2D eigenvalue weighted by molar-refractivity contribution is 4.63. The van der Waals surface area contributed by atoms with Crippen molar-refractivity contribution in [1.29, 1.82) is 0 Å². The number of aliphatic hydroxyl groups is 2. The van der Waals surface area contributed by atoms with E-state index in [1.807, 2.05) is 0 Å². The molecule has 0 aromatic heterocycles. The van der Waals surface area contributed by atoms with Crippen molar-refractivity contribution in [3.63, 3.8) is 0 Å². The molecule has 1 unspecified atom stereocenters. The van der Waals surface area contributed by atoms with Gasteiger partial charge in [-0.15, -0.1) is 6.58 Å². The molecule has 4 heteroatoms. The van der Waals surface area contributed by atoms with Gasteiger partial charge in [-0.25, -0.2) is 0 Å². The molecular weight excluding hydrogens is 244 g/mol. The van der Waals surface area contributed by atoms with Gasteiger partial charge >= 0.3 is 0 Å². The molecule has 0 fully saturated rings. The molecular formula is C15H34O4. The van der Waals surface area contributed by atoms with Gasteiger partial charge in [0.2, 0.25) is 0 Å². The van der Waals surface area contributed by atoms with E-state index in [9.17, 15) is 0 Å². The smallest absolute Gasteiger partial charge is 0.0644 e. The Hall–Kier alpha value is -0.420. The molecule has 0 radical (unpaired) electrons. The van der Waals surface area contributed by atoms with Crippen LogP contribution in [0.1, 0.15) is 46.5 Å². The minimum absolute atomic E-state index is 0.261. The van der Waals surface area contributed by atoms with Crippen LogP contribution in [0.5, 0.6) is 0 Å². The molecule has 2 N–H and O–H groups in total. The van der Waals surface area contributed by atoms with Crippen molar-refractivity contribution in [2.75, 3.05) is 33.5 Å². The van der Waals surface area contributed by atoms with E-state index in [2.05, 4.69) is 27.4 Å². The summed E-state index contributed by atoms with van der Waals surface area (Å²) in [7, 11) is 1.00. The van der Waals surface area contributed by atoms with Crippen molar-refractivity contribution in [3.05, 3.63) is 12.7 Å². The highest BCUT2D eigenvalue weighted by atomic mass is 16.5. The average molecular weight is 278 g/mol. The lowest BCUT2D eigenvalue weighted by Gasteiger charge is -2.07. The van der Waals surface area contributed by atoms with Gasteiger partial charge in [0.1, 0.15) is 0 Å². The van der Waals surface area contributed by atoms with Crippen LogP contribution < -0.4 is 0 Å². The molecule has 0 heterocycles. The second kappa shape index (κ2) is 26.2. The highest BCUT2D eigenvalue weighted by Gasteiger charge is 1.93. The Labute approximate surface area is 119 Å². The van der Waals surface area contributed by atoms with Crippen LogP contribution in [-0.2, 0) is 9.47 Å². The van der Waals surface area contributed by atoms with E-state index in [4.69, 9.17) is 19.7 Å². The first-order valence-corrected chi connectivity index (χ1v) is 7.08. The molecule has 0 bridgehead atoms. The Kier molecular flexibility index (Phi) is 32.6. The molecule has 4 nitrogen and oxygen atoms in total. The van der Waals surface area contributed by atoms with E-state index in [0.29, 0.717) is 12.7 Å². The van der Waals surface area contributed by atoms with Crippen LogP contribution in [0.4, 0.5) is 0 Å². The minimum atomic E-state index is 0.261. The van der Waals surface area contributed by atoms with Crippen molar-refractivity contribution >= 4 is 0 Å². The Morgan fingerprint density at radius 1 is 1.16 bits per heavy atom. The molecule has 0 saturated carbocycles. The normalized spacial score (nSPS) is 10.6. The maximum atomic E-state index is 8.35. The van der Waals surface area contributed by atoms with Gasteiger partial charge in [-0.1, -0.05) is 19.9 Å². The van der Waals surface area contributed by atoms with Gasteiger partial charge in [-0.05, 0) is 32.6 Å². The first-order valence-electron chi connectivity index (χ1n) is 7.08. The van der Waals surface area contributed by atoms with Crippen molar-refractivity contribution in [1.82, 2.24) is 0 Å². The predicted molar refractivity (Wildman–Crippen MR) is 81.5 cm³/mol. The Balaban J connectivity index is -0.000000239. The second-order valence-corrected chi connectivity index (χ2v) is 3.88. The molecule has 0 aliphatic rings. The number of aliphatic hydroxyl groups excluding tert-OH is 2. The number of unbranched alkanes of at least 4 members (excludes halogenated alkanes) is 1. The monoisotopic (exact) mass is 278 g/mol. The molecule has 1 atom stereocenters. The lowest BCUT2D eigenvalue weighted by molar-refractivity contribution is 0.0642. The van der Waals surface area contributed by atoms with Gasteiger partial charge in [-0.2, -0.15) is 0 Å². The van der Waals surface area contributed by atoms with Crippen LogP contribution in [0.25, 0.3) is 0 Å². The fourth-order valence-corrected chi connectivity index (χ4v) is 0.919.